The quantitative estimate of drug-likeness (QED) is 0.322. The summed E-state index contributed by atoms with van der Waals surface area (Å²) in [5.74, 6) is 0.306. The second kappa shape index (κ2) is 7.57. The van der Waals surface area contributed by atoms with Crippen molar-refractivity contribution in [2.45, 2.75) is 32.1 Å². The van der Waals surface area contributed by atoms with Crippen molar-refractivity contribution < 1.29 is 14.5 Å². The Balaban J connectivity index is 1.72. The van der Waals surface area contributed by atoms with Crippen molar-refractivity contribution >= 4 is 18.9 Å². The topological polar surface area (TPSA) is 124 Å². The molecule has 0 saturated carbocycles. The van der Waals surface area contributed by atoms with E-state index in [0.29, 0.717) is 23.4 Å². The minimum atomic E-state index is -1.00. The molecule has 1 aromatic heterocycles. The lowest BCUT2D eigenvalue weighted by Crippen LogP contribution is -2.35. The molecule has 0 fully saturated rings. The normalized spacial score (nSPS) is 15.8. The number of nitrogens with zero attached hydrogens (tertiary/aromatic N) is 2. The molecule has 1 aliphatic rings. The largest absolute Gasteiger partial charge is 0.536 e. The van der Waals surface area contributed by atoms with Crippen LogP contribution in [0.3, 0.4) is 0 Å². The van der Waals surface area contributed by atoms with Gasteiger partial charge in [0.1, 0.15) is 5.75 Å². The molecule has 5 N–H and O–H groups in total. The van der Waals surface area contributed by atoms with E-state index in [1.165, 1.54) is 0 Å². The second-order valence-electron chi connectivity index (χ2n) is 6.44. The maximum atomic E-state index is 12.6. The van der Waals surface area contributed by atoms with Crippen molar-refractivity contribution in [2.75, 3.05) is 0 Å². The monoisotopic (exact) mass is 352 g/mol. The summed E-state index contributed by atoms with van der Waals surface area (Å²) in [5, 5.41) is 10.3. The minimum Gasteiger partial charge on any atom is -0.536 e. The molecule has 2 aromatic rings. The number of pyridine rings is 1. The van der Waals surface area contributed by atoms with E-state index in [1.807, 2.05) is 25.1 Å². The van der Waals surface area contributed by atoms with Crippen molar-refractivity contribution in [1.82, 2.24) is 4.98 Å². The Morgan fingerprint density at radius 3 is 3.00 bits per heavy atom. The first-order valence-corrected chi connectivity index (χ1v) is 8.41. The molecule has 0 saturated heterocycles. The summed E-state index contributed by atoms with van der Waals surface area (Å²) in [6.45, 7) is 2.15. The Kier molecular flexibility index (Phi) is 5.23. The molecule has 0 aliphatic carbocycles. The van der Waals surface area contributed by atoms with Gasteiger partial charge in [-0.1, -0.05) is 18.2 Å². The molecule has 134 valence electrons. The van der Waals surface area contributed by atoms with E-state index < -0.39 is 7.12 Å². The van der Waals surface area contributed by atoms with Crippen LogP contribution in [0.1, 0.15) is 33.6 Å². The first-order chi connectivity index (χ1) is 12.4. The molecule has 0 amide bonds. The molecule has 1 unspecified atom stereocenters. The predicted molar refractivity (Wildman–Crippen MR) is 99.9 cm³/mol. The van der Waals surface area contributed by atoms with Crippen LogP contribution >= 0.6 is 0 Å². The van der Waals surface area contributed by atoms with Crippen LogP contribution in [0.25, 0.3) is 0 Å². The van der Waals surface area contributed by atoms with E-state index in [1.54, 1.807) is 18.3 Å². The third-order valence-electron chi connectivity index (χ3n) is 4.43. The van der Waals surface area contributed by atoms with Crippen LogP contribution < -0.4 is 16.1 Å². The van der Waals surface area contributed by atoms with E-state index in [-0.39, 0.29) is 30.5 Å². The molecule has 0 spiro atoms. The maximum Gasteiger partial charge on any atom is 0.526 e. The number of carbonyl (C=O) groups is 1. The van der Waals surface area contributed by atoms with Gasteiger partial charge in [-0.15, -0.1) is 0 Å². The summed E-state index contributed by atoms with van der Waals surface area (Å²) in [6, 6.07) is 9.17. The van der Waals surface area contributed by atoms with E-state index >= 15 is 0 Å². The predicted octanol–water partition coefficient (Wildman–Crippen LogP) is 1.22. The number of benzene rings is 1. The van der Waals surface area contributed by atoms with Gasteiger partial charge in [0, 0.05) is 24.0 Å². The molecule has 0 bridgehead atoms. The van der Waals surface area contributed by atoms with Crippen LogP contribution in [0.15, 0.2) is 41.5 Å². The molecule has 8 heteroatoms. The Morgan fingerprint density at radius 1 is 1.42 bits per heavy atom. The fraction of sp³-hybridized carbons (Fsp3) is 0.278. The number of aryl methyl sites for hydroxylation is 1. The molecule has 0 radical (unpaired) electrons. The maximum absolute atomic E-state index is 12.6. The third kappa shape index (κ3) is 4.03. The van der Waals surface area contributed by atoms with Crippen LogP contribution in [0.2, 0.25) is 5.82 Å². The number of ketones is 1. The molecule has 2 heterocycles. The highest BCUT2D eigenvalue weighted by atomic mass is 16.5. The highest BCUT2D eigenvalue weighted by Gasteiger charge is 2.36. The number of carbonyl (C=O) groups excluding carboxylic acids is 1. The number of hydrogen-bond donors (Lipinski definition) is 3. The van der Waals surface area contributed by atoms with Gasteiger partial charge in [0.05, 0.1) is 12.2 Å². The SMILES string of the molecule is Cc1cccc2c1OB(O)C(CC(=O)c1ccnc(CN=C(N)N)c1)C2. The van der Waals surface area contributed by atoms with Crippen LogP contribution in [0.5, 0.6) is 5.75 Å². The average Bonchev–Trinajstić information content (AvgIpc) is 2.62. The number of fused-ring (bicyclic) bond motifs is 1. The molecular weight excluding hydrogens is 331 g/mol. The Bertz CT molecular complexity index is 852. The number of para-hydroxylation sites is 1. The Labute approximate surface area is 152 Å². The van der Waals surface area contributed by atoms with Gasteiger partial charge in [0.25, 0.3) is 0 Å². The molecule has 1 aromatic carbocycles. The van der Waals surface area contributed by atoms with Crippen molar-refractivity contribution in [2.24, 2.45) is 16.5 Å². The van der Waals surface area contributed by atoms with Crippen molar-refractivity contribution in [3.63, 3.8) is 0 Å². The third-order valence-corrected chi connectivity index (χ3v) is 4.43. The lowest BCUT2D eigenvalue weighted by molar-refractivity contribution is 0.0975. The van der Waals surface area contributed by atoms with Gasteiger partial charge < -0.3 is 21.1 Å². The summed E-state index contributed by atoms with van der Waals surface area (Å²) in [5.41, 5.74) is 13.7. The smallest absolute Gasteiger partial charge is 0.526 e. The molecule has 26 heavy (non-hydrogen) atoms. The molecule has 3 rings (SSSR count). The van der Waals surface area contributed by atoms with Gasteiger partial charge in [0.15, 0.2) is 11.7 Å². The van der Waals surface area contributed by atoms with Crippen molar-refractivity contribution in [1.29, 1.82) is 0 Å². The number of hydrogen-bond acceptors (Lipinski definition) is 5. The van der Waals surface area contributed by atoms with E-state index in [0.717, 1.165) is 11.1 Å². The van der Waals surface area contributed by atoms with Crippen LogP contribution in [-0.4, -0.2) is 28.9 Å². The van der Waals surface area contributed by atoms with E-state index in [9.17, 15) is 9.82 Å². The fourth-order valence-electron chi connectivity index (χ4n) is 3.08. The van der Waals surface area contributed by atoms with Crippen molar-refractivity contribution in [3.8, 4) is 5.75 Å². The first kappa shape index (κ1) is 17.9. The van der Waals surface area contributed by atoms with Crippen LogP contribution in [-0.2, 0) is 13.0 Å². The zero-order valence-corrected chi connectivity index (χ0v) is 14.6. The van der Waals surface area contributed by atoms with Gasteiger partial charge in [0.2, 0.25) is 0 Å². The number of guanidine groups is 1. The lowest BCUT2D eigenvalue weighted by atomic mass is 9.64. The van der Waals surface area contributed by atoms with Crippen molar-refractivity contribution in [3.05, 3.63) is 58.9 Å². The first-order valence-electron chi connectivity index (χ1n) is 8.41. The van der Waals surface area contributed by atoms with Gasteiger partial charge >= 0.3 is 7.12 Å². The standard InChI is InChI=1S/C18H21BN4O3/c1-11-3-2-4-13-7-14(19(25)26-17(11)13)9-16(24)12-5-6-22-15(8-12)10-23-18(20)21/h2-6,8,14,25H,7,9-10H2,1H3,(H4,20,21,23). The molecular formula is C18H21BN4O3. The van der Waals surface area contributed by atoms with Crippen LogP contribution in [0, 0.1) is 6.92 Å². The molecule has 7 nitrogen and oxygen atoms in total. The summed E-state index contributed by atoms with van der Waals surface area (Å²) >= 11 is 0. The summed E-state index contributed by atoms with van der Waals surface area (Å²) in [6.07, 6.45) is 2.33. The number of aromatic nitrogens is 1. The van der Waals surface area contributed by atoms with Gasteiger partial charge in [-0.25, -0.2) is 4.99 Å². The Hall–Kier alpha value is -2.87. The second-order valence-corrected chi connectivity index (χ2v) is 6.44. The molecule has 1 atom stereocenters. The van der Waals surface area contributed by atoms with Gasteiger partial charge in [-0.3, -0.25) is 9.78 Å². The van der Waals surface area contributed by atoms with Gasteiger partial charge in [-0.2, -0.15) is 0 Å². The average molecular weight is 352 g/mol. The lowest BCUT2D eigenvalue weighted by Gasteiger charge is -2.28. The summed E-state index contributed by atoms with van der Waals surface area (Å²) in [4.78, 5) is 20.7. The number of rotatable bonds is 5. The minimum absolute atomic E-state index is 0.0278. The molecule has 1 aliphatic heterocycles. The van der Waals surface area contributed by atoms with E-state index in [2.05, 4.69) is 9.98 Å². The number of Topliss-reactive ketones (excluding diaryl/α,β-unsaturated/α-hetero) is 1. The highest BCUT2D eigenvalue weighted by Crippen LogP contribution is 2.36. The fourth-order valence-corrected chi connectivity index (χ4v) is 3.08. The summed E-state index contributed by atoms with van der Waals surface area (Å²) in [7, 11) is -1.00. The number of nitrogens with two attached hydrogens (primary N) is 2. The number of aliphatic imine (C=N–C) groups is 1. The zero-order valence-electron chi connectivity index (χ0n) is 14.6. The van der Waals surface area contributed by atoms with Crippen LogP contribution in [0.4, 0.5) is 0 Å². The van der Waals surface area contributed by atoms with E-state index in [4.69, 9.17) is 16.1 Å². The van der Waals surface area contributed by atoms with Gasteiger partial charge in [-0.05, 0) is 36.6 Å². The zero-order chi connectivity index (χ0) is 18.7. The summed E-state index contributed by atoms with van der Waals surface area (Å²) < 4.78 is 5.65. The highest BCUT2D eigenvalue weighted by molar-refractivity contribution is 6.47. The Morgan fingerprint density at radius 2 is 2.23 bits per heavy atom.